The fourth-order valence-corrected chi connectivity index (χ4v) is 2.67. The number of benzene rings is 1. The summed E-state index contributed by atoms with van der Waals surface area (Å²) in [4.78, 5) is 0. The van der Waals surface area contributed by atoms with Crippen LogP contribution in [0, 0.1) is 5.92 Å². The molecule has 0 saturated carbocycles. The normalized spacial score (nSPS) is 14.4. The van der Waals surface area contributed by atoms with Gasteiger partial charge in [0.15, 0.2) is 0 Å². The second-order valence-corrected chi connectivity index (χ2v) is 5.57. The van der Waals surface area contributed by atoms with E-state index >= 15 is 0 Å². The Morgan fingerprint density at radius 3 is 2.61 bits per heavy atom. The summed E-state index contributed by atoms with van der Waals surface area (Å²) in [5.74, 6) is 1.26. The third kappa shape index (κ3) is 4.99. The minimum atomic E-state index is 0.565. The van der Waals surface area contributed by atoms with Crippen molar-refractivity contribution >= 4 is 11.6 Å². The topological polar surface area (TPSA) is 12.0 Å². The molecule has 0 spiro atoms. The fraction of sp³-hybridized carbons (Fsp3) is 0.625. The van der Waals surface area contributed by atoms with E-state index in [1.54, 1.807) is 0 Å². The Kier molecular flexibility index (Phi) is 7.38. The maximum atomic E-state index is 6.11. The van der Waals surface area contributed by atoms with Crippen molar-refractivity contribution in [2.75, 3.05) is 13.1 Å². The molecule has 0 radical (unpaired) electrons. The summed E-state index contributed by atoms with van der Waals surface area (Å²) >= 11 is 6.11. The molecule has 2 heteroatoms. The maximum Gasteiger partial charge on any atom is 0.0408 e. The van der Waals surface area contributed by atoms with Gasteiger partial charge >= 0.3 is 0 Å². The van der Waals surface area contributed by atoms with Gasteiger partial charge in [-0.1, -0.05) is 57.3 Å². The number of halogens is 1. The third-order valence-corrected chi connectivity index (χ3v) is 3.73. The van der Waals surface area contributed by atoms with Gasteiger partial charge in [0.1, 0.15) is 0 Å². The summed E-state index contributed by atoms with van der Waals surface area (Å²) < 4.78 is 0. The van der Waals surface area contributed by atoms with Gasteiger partial charge in [0.25, 0.3) is 0 Å². The smallest absolute Gasteiger partial charge is 0.0408 e. The Labute approximate surface area is 117 Å². The van der Waals surface area contributed by atoms with Crippen LogP contribution in [-0.4, -0.2) is 13.1 Å². The molecule has 0 bridgehead atoms. The molecule has 1 aromatic carbocycles. The highest BCUT2D eigenvalue weighted by molar-refractivity contribution is 6.30. The van der Waals surface area contributed by atoms with Gasteiger partial charge in [0, 0.05) is 11.6 Å². The van der Waals surface area contributed by atoms with E-state index in [-0.39, 0.29) is 0 Å². The minimum Gasteiger partial charge on any atom is -0.316 e. The molecule has 0 aliphatic rings. The molecule has 102 valence electrons. The SMILES string of the molecule is CCCNCC(c1cccc(Cl)c1)C(C)CCC. The van der Waals surface area contributed by atoms with Gasteiger partial charge in [0.2, 0.25) is 0 Å². The van der Waals surface area contributed by atoms with Gasteiger partial charge in [-0.3, -0.25) is 0 Å². The molecule has 2 atom stereocenters. The Hall–Kier alpha value is -0.530. The lowest BCUT2D eigenvalue weighted by Crippen LogP contribution is -2.26. The van der Waals surface area contributed by atoms with Crippen LogP contribution in [0.4, 0.5) is 0 Å². The van der Waals surface area contributed by atoms with Crippen LogP contribution in [0.1, 0.15) is 51.5 Å². The molecule has 1 N–H and O–H groups in total. The van der Waals surface area contributed by atoms with E-state index in [0.29, 0.717) is 11.8 Å². The molecule has 18 heavy (non-hydrogen) atoms. The number of rotatable bonds is 8. The summed E-state index contributed by atoms with van der Waals surface area (Å²) in [5, 5.41) is 4.39. The molecule has 1 rings (SSSR count). The van der Waals surface area contributed by atoms with E-state index in [1.165, 1.54) is 24.8 Å². The van der Waals surface area contributed by atoms with Crippen LogP contribution in [0.25, 0.3) is 0 Å². The van der Waals surface area contributed by atoms with E-state index in [9.17, 15) is 0 Å². The monoisotopic (exact) mass is 267 g/mol. The van der Waals surface area contributed by atoms with Gasteiger partial charge in [-0.25, -0.2) is 0 Å². The average Bonchev–Trinajstić information content (AvgIpc) is 2.35. The van der Waals surface area contributed by atoms with Gasteiger partial charge < -0.3 is 5.32 Å². The van der Waals surface area contributed by atoms with Crippen molar-refractivity contribution in [3.05, 3.63) is 34.9 Å². The van der Waals surface area contributed by atoms with E-state index in [0.717, 1.165) is 18.1 Å². The lowest BCUT2D eigenvalue weighted by Gasteiger charge is -2.25. The highest BCUT2D eigenvalue weighted by Gasteiger charge is 2.18. The van der Waals surface area contributed by atoms with Crippen molar-refractivity contribution in [2.24, 2.45) is 5.92 Å². The van der Waals surface area contributed by atoms with Crippen molar-refractivity contribution in [1.29, 1.82) is 0 Å². The van der Waals surface area contributed by atoms with E-state index < -0.39 is 0 Å². The molecule has 0 aliphatic heterocycles. The maximum absolute atomic E-state index is 6.11. The van der Waals surface area contributed by atoms with Crippen LogP contribution in [0.3, 0.4) is 0 Å². The first-order chi connectivity index (χ1) is 8.69. The van der Waals surface area contributed by atoms with Crippen LogP contribution in [0.2, 0.25) is 5.02 Å². The first-order valence-electron chi connectivity index (χ1n) is 7.15. The molecule has 1 aromatic rings. The first-order valence-corrected chi connectivity index (χ1v) is 7.53. The summed E-state index contributed by atoms with van der Waals surface area (Å²) in [5.41, 5.74) is 1.37. The summed E-state index contributed by atoms with van der Waals surface area (Å²) in [6.07, 6.45) is 3.70. The Bertz CT molecular complexity index is 338. The molecular weight excluding hydrogens is 242 g/mol. The van der Waals surface area contributed by atoms with Crippen molar-refractivity contribution in [2.45, 2.75) is 46.0 Å². The number of hydrogen-bond acceptors (Lipinski definition) is 1. The van der Waals surface area contributed by atoms with Crippen molar-refractivity contribution in [3.63, 3.8) is 0 Å². The lowest BCUT2D eigenvalue weighted by atomic mass is 9.84. The van der Waals surface area contributed by atoms with Crippen LogP contribution < -0.4 is 5.32 Å². The molecule has 0 aliphatic carbocycles. The Morgan fingerprint density at radius 2 is 2.00 bits per heavy atom. The molecule has 0 fully saturated rings. The predicted molar refractivity (Wildman–Crippen MR) is 81.4 cm³/mol. The summed E-state index contributed by atoms with van der Waals surface area (Å²) in [7, 11) is 0. The zero-order valence-electron chi connectivity index (χ0n) is 11.9. The van der Waals surface area contributed by atoms with E-state index in [1.807, 2.05) is 6.07 Å². The molecule has 0 heterocycles. The second-order valence-electron chi connectivity index (χ2n) is 5.13. The molecular formula is C16H26ClN. The number of nitrogens with one attached hydrogen (secondary N) is 1. The van der Waals surface area contributed by atoms with Crippen LogP contribution >= 0.6 is 11.6 Å². The van der Waals surface area contributed by atoms with Crippen LogP contribution in [-0.2, 0) is 0 Å². The quantitative estimate of drug-likeness (QED) is 0.664. The van der Waals surface area contributed by atoms with E-state index in [4.69, 9.17) is 11.6 Å². The number of hydrogen-bond donors (Lipinski definition) is 1. The van der Waals surface area contributed by atoms with E-state index in [2.05, 4.69) is 44.3 Å². The zero-order valence-corrected chi connectivity index (χ0v) is 12.6. The largest absolute Gasteiger partial charge is 0.316 e. The first kappa shape index (κ1) is 15.5. The average molecular weight is 268 g/mol. The summed E-state index contributed by atoms with van der Waals surface area (Å²) in [6, 6.07) is 8.33. The molecule has 0 saturated heterocycles. The molecule has 2 unspecified atom stereocenters. The van der Waals surface area contributed by atoms with Gasteiger partial charge in [-0.05, 0) is 42.5 Å². The van der Waals surface area contributed by atoms with Crippen molar-refractivity contribution in [3.8, 4) is 0 Å². The molecule has 0 amide bonds. The van der Waals surface area contributed by atoms with Gasteiger partial charge in [-0.15, -0.1) is 0 Å². The Morgan fingerprint density at radius 1 is 1.22 bits per heavy atom. The predicted octanol–water partition coefficient (Wildman–Crippen LogP) is 4.86. The minimum absolute atomic E-state index is 0.565. The fourth-order valence-electron chi connectivity index (χ4n) is 2.48. The van der Waals surface area contributed by atoms with Crippen LogP contribution in [0.15, 0.2) is 24.3 Å². The standard InChI is InChI=1S/C16H26ClN/c1-4-7-13(3)16(12-18-10-5-2)14-8-6-9-15(17)11-14/h6,8-9,11,13,16,18H,4-5,7,10,12H2,1-3H3. The molecule has 1 nitrogen and oxygen atoms in total. The summed E-state index contributed by atoms with van der Waals surface area (Å²) in [6.45, 7) is 8.95. The van der Waals surface area contributed by atoms with Crippen molar-refractivity contribution < 1.29 is 0 Å². The van der Waals surface area contributed by atoms with Gasteiger partial charge in [0.05, 0.1) is 0 Å². The second kappa shape index (κ2) is 8.55. The highest BCUT2D eigenvalue weighted by atomic mass is 35.5. The van der Waals surface area contributed by atoms with Crippen molar-refractivity contribution in [1.82, 2.24) is 5.32 Å². The molecule has 0 aromatic heterocycles. The van der Waals surface area contributed by atoms with Gasteiger partial charge in [-0.2, -0.15) is 0 Å². The lowest BCUT2D eigenvalue weighted by molar-refractivity contribution is 0.404. The third-order valence-electron chi connectivity index (χ3n) is 3.50. The Balaban J connectivity index is 2.75. The van der Waals surface area contributed by atoms with Crippen LogP contribution in [0.5, 0.6) is 0 Å². The zero-order chi connectivity index (χ0) is 13.4. The highest BCUT2D eigenvalue weighted by Crippen LogP contribution is 2.29.